The van der Waals surface area contributed by atoms with Gasteiger partial charge in [0, 0.05) is 27.9 Å². The number of aromatic nitrogens is 1. The van der Waals surface area contributed by atoms with E-state index in [1.165, 1.54) is 24.5 Å². The van der Waals surface area contributed by atoms with E-state index < -0.39 is 27.5 Å². The second-order valence-corrected chi connectivity index (χ2v) is 8.96. The Kier molecular flexibility index (Phi) is 4.88. The second kappa shape index (κ2) is 6.71. The summed E-state index contributed by atoms with van der Waals surface area (Å²) in [5.41, 5.74) is -1.28. The fraction of sp³-hybridized carbons (Fsp3) is 0.133. The average Bonchev–Trinajstić information content (AvgIpc) is 3.00. The van der Waals surface area contributed by atoms with Gasteiger partial charge in [-0.15, -0.1) is 11.3 Å². The smallest absolute Gasteiger partial charge is 0.420 e. The summed E-state index contributed by atoms with van der Waals surface area (Å²) in [4.78, 5) is 3.96. The van der Waals surface area contributed by atoms with Crippen LogP contribution in [0, 0.1) is 0 Å². The van der Waals surface area contributed by atoms with Gasteiger partial charge in [0.05, 0.1) is 17.4 Å². The standard InChI is InChI=1S/C15H10BrF3N2O3S2/c1-24-12-3-2-8(4-10(12)15(17,18)19)21-26(22,23)14-5-9-11(16)6-20-7-13(9)25-14/h2-7,21H,1H3. The SMILES string of the molecule is COc1ccc(NS(=O)(=O)c2cc3c(Br)cncc3s2)cc1C(F)(F)F. The second-order valence-electron chi connectivity index (χ2n) is 5.12. The van der Waals surface area contributed by atoms with Gasteiger partial charge in [0.2, 0.25) is 0 Å². The normalized spacial score (nSPS) is 12.3. The van der Waals surface area contributed by atoms with Gasteiger partial charge >= 0.3 is 6.18 Å². The molecular formula is C15H10BrF3N2O3S2. The first-order valence-electron chi connectivity index (χ1n) is 6.93. The van der Waals surface area contributed by atoms with Crippen LogP contribution in [-0.4, -0.2) is 20.5 Å². The molecule has 0 saturated carbocycles. The monoisotopic (exact) mass is 466 g/mol. The number of ether oxygens (including phenoxy) is 1. The van der Waals surface area contributed by atoms with Crippen LogP contribution in [0.4, 0.5) is 18.9 Å². The fourth-order valence-corrected chi connectivity index (χ4v) is 5.24. The van der Waals surface area contributed by atoms with Gasteiger partial charge < -0.3 is 4.74 Å². The van der Waals surface area contributed by atoms with E-state index in [0.29, 0.717) is 20.6 Å². The third-order valence-corrected chi connectivity index (χ3v) is 6.95. The van der Waals surface area contributed by atoms with Gasteiger partial charge in [0.1, 0.15) is 9.96 Å². The number of nitrogens with one attached hydrogen (secondary N) is 1. The van der Waals surface area contributed by atoms with Crippen LogP contribution in [0.5, 0.6) is 5.75 Å². The van der Waals surface area contributed by atoms with E-state index in [0.717, 1.165) is 24.5 Å². The third-order valence-electron chi connectivity index (χ3n) is 3.40. The molecule has 1 N–H and O–H groups in total. The van der Waals surface area contributed by atoms with Crippen LogP contribution in [0.3, 0.4) is 0 Å². The molecule has 0 spiro atoms. The lowest BCUT2D eigenvalue weighted by Crippen LogP contribution is -2.13. The lowest BCUT2D eigenvalue weighted by molar-refractivity contribution is -0.138. The number of methoxy groups -OCH3 is 1. The predicted octanol–water partition coefficient (Wildman–Crippen LogP) is 4.89. The molecule has 3 aromatic rings. The number of fused-ring (bicyclic) bond motifs is 1. The molecule has 0 fully saturated rings. The highest BCUT2D eigenvalue weighted by molar-refractivity contribution is 9.10. The summed E-state index contributed by atoms with van der Waals surface area (Å²) < 4.78 is 72.4. The average molecular weight is 467 g/mol. The first-order chi connectivity index (χ1) is 12.1. The van der Waals surface area contributed by atoms with Crippen LogP contribution in [-0.2, 0) is 16.2 Å². The van der Waals surface area contributed by atoms with Gasteiger partial charge in [-0.2, -0.15) is 13.2 Å². The van der Waals surface area contributed by atoms with Crippen LogP contribution >= 0.6 is 27.3 Å². The maximum atomic E-state index is 13.1. The minimum atomic E-state index is -4.68. The number of anilines is 1. The van der Waals surface area contributed by atoms with E-state index >= 15 is 0 Å². The molecule has 1 aromatic carbocycles. The highest BCUT2D eigenvalue weighted by atomic mass is 79.9. The molecule has 0 unspecified atom stereocenters. The Morgan fingerprint density at radius 3 is 2.58 bits per heavy atom. The Labute approximate surface area is 159 Å². The van der Waals surface area contributed by atoms with E-state index in [1.807, 2.05) is 0 Å². The van der Waals surface area contributed by atoms with Gasteiger partial charge in [0.25, 0.3) is 10.0 Å². The highest BCUT2D eigenvalue weighted by Crippen LogP contribution is 2.39. The lowest BCUT2D eigenvalue weighted by atomic mass is 10.1. The Morgan fingerprint density at radius 1 is 1.23 bits per heavy atom. The van der Waals surface area contributed by atoms with Crippen molar-refractivity contribution in [2.24, 2.45) is 0 Å². The van der Waals surface area contributed by atoms with Gasteiger partial charge in [0.15, 0.2) is 0 Å². The van der Waals surface area contributed by atoms with E-state index in [1.54, 1.807) is 0 Å². The summed E-state index contributed by atoms with van der Waals surface area (Å²) in [6.07, 6.45) is -1.64. The van der Waals surface area contributed by atoms with Crippen molar-refractivity contribution in [3.8, 4) is 5.75 Å². The minimum absolute atomic E-state index is 0.0365. The summed E-state index contributed by atoms with van der Waals surface area (Å²) in [5.74, 6) is -0.391. The molecule has 0 aliphatic carbocycles. The Hall–Kier alpha value is -1.85. The van der Waals surface area contributed by atoms with Crippen molar-refractivity contribution in [2.75, 3.05) is 11.8 Å². The molecule has 3 rings (SSSR count). The molecule has 0 aliphatic rings. The molecule has 0 amide bonds. The van der Waals surface area contributed by atoms with Crippen molar-refractivity contribution in [2.45, 2.75) is 10.4 Å². The van der Waals surface area contributed by atoms with Crippen LogP contribution in [0.15, 0.2) is 45.3 Å². The van der Waals surface area contributed by atoms with Crippen molar-refractivity contribution in [1.82, 2.24) is 4.98 Å². The molecule has 26 heavy (non-hydrogen) atoms. The largest absolute Gasteiger partial charge is 0.496 e. The maximum Gasteiger partial charge on any atom is 0.420 e. The summed E-state index contributed by atoms with van der Waals surface area (Å²) in [7, 11) is -2.95. The zero-order valence-corrected chi connectivity index (χ0v) is 16.2. The molecule has 0 aliphatic heterocycles. The summed E-state index contributed by atoms with van der Waals surface area (Å²) >= 11 is 4.25. The number of pyridine rings is 1. The number of thiophene rings is 1. The molecule has 2 heterocycles. The first-order valence-corrected chi connectivity index (χ1v) is 10.0. The Bertz CT molecular complexity index is 1080. The summed E-state index contributed by atoms with van der Waals surface area (Å²) in [6.45, 7) is 0. The van der Waals surface area contributed by atoms with E-state index in [9.17, 15) is 21.6 Å². The fourth-order valence-electron chi connectivity index (χ4n) is 2.24. The minimum Gasteiger partial charge on any atom is -0.496 e. The van der Waals surface area contributed by atoms with Gasteiger partial charge in [-0.25, -0.2) is 8.42 Å². The van der Waals surface area contributed by atoms with E-state index in [-0.39, 0.29) is 9.90 Å². The van der Waals surface area contributed by atoms with Crippen molar-refractivity contribution in [1.29, 1.82) is 0 Å². The number of hydrogen-bond donors (Lipinski definition) is 1. The molecule has 2 aromatic heterocycles. The van der Waals surface area contributed by atoms with Crippen LogP contribution in [0.1, 0.15) is 5.56 Å². The number of benzene rings is 1. The van der Waals surface area contributed by atoms with Crippen molar-refractivity contribution >= 4 is 53.1 Å². The Morgan fingerprint density at radius 2 is 1.96 bits per heavy atom. The summed E-state index contributed by atoms with van der Waals surface area (Å²) in [5, 5.41) is 0.649. The van der Waals surface area contributed by atoms with Crippen LogP contribution in [0.25, 0.3) is 10.1 Å². The number of sulfonamides is 1. The molecule has 0 saturated heterocycles. The predicted molar refractivity (Wildman–Crippen MR) is 96.1 cm³/mol. The molecule has 0 atom stereocenters. The first kappa shape index (κ1) is 18.9. The topological polar surface area (TPSA) is 68.3 Å². The number of rotatable bonds is 4. The van der Waals surface area contributed by atoms with Crippen molar-refractivity contribution < 1.29 is 26.3 Å². The number of halogens is 4. The highest BCUT2D eigenvalue weighted by Gasteiger charge is 2.35. The zero-order chi connectivity index (χ0) is 19.1. The lowest BCUT2D eigenvalue weighted by Gasteiger charge is -2.14. The maximum absolute atomic E-state index is 13.1. The molecule has 5 nitrogen and oxygen atoms in total. The van der Waals surface area contributed by atoms with E-state index in [2.05, 4.69) is 30.4 Å². The number of alkyl halides is 3. The summed E-state index contributed by atoms with van der Waals surface area (Å²) in [6, 6.07) is 4.39. The van der Waals surface area contributed by atoms with Gasteiger partial charge in [-0.05, 0) is 40.2 Å². The van der Waals surface area contributed by atoms with Gasteiger partial charge in [-0.3, -0.25) is 9.71 Å². The van der Waals surface area contributed by atoms with Crippen LogP contribution in [0.2, 0.25) is 0 Å². The third kappa shape index (κ3) is 3.64. The zero-order valence-electron chi connectivity index (χ0n) is 13.0. The molecule has 138 valence electrons. The van der Waals surface area contributed by atoms with Crippen molar-refractivity contribution in [3.63, 3.8) is 0 Å². The number of hydrogen-bond acceptors (Lipinski definition) is 5. The van der Waals surface area contributed by atoms with E-state index in [4.69, 9.17) is 0 Å². The number of nitrogens with zero attached hydrogens (tertiary/aromatic N) is 1. The molecule has 0 radical (unpaired) electrons. The van der Waals surface area contributed by atoms with Gasteiger partial charge in [-0.1, -0.05) is 0 Å². The van der Waals surface area contributed by atoms with Crippen LogP contribution < -0.4 is 9.46 Å². The quantitative estimate of drug-likeness (QED) is 0.594. The molecular weight excluding hydrogens is 457 g/mol. The van der Waals surface area contributed by atoms with Crippen molar-refractivity contribution in [3.05, 3.63) is 46.7 Å². The molecule has 11 heteroatoms. The Balaban J connectivity index is 2.00. The molecule has 0 bridgehead atoms.